The van der Waals surface area contributed by atoms with Crippen LogP contribution in [0.25, 0.3) is 0 Å². The fourth-order valence-corrected chi connectivity index (χ4v) is 3.78. The van der Waals surface area contributed by atoms with Gasteiger partial charge in [-0.2, -0.15) is 0 Å². The van der Waals surface area contributed by atoms with E-state index in [0.717, 1.165) is 28.7 Å². The minimum atomic E-state index is 0. The molecule has 0 aliphatic rings. The molecule has 1 N–H and O–H groups in total. The molecule has 0 aliphatic heterocycles. The summed E-state index contributed by atoms with van der Waals surface area (Å²) in [4.78, 5) is 0. The maximum absolute atomic E-state index is 6.22. The molecule has 0 atom stereocenters. The van der Waals surface area contributed by atoms with Gasteiger partial charge in [0, 0.05) is 22.2 Å². The first-order valence-corrected chi connectivity index (χ1v) is 10.7. The van der Waals surface area contributed by atoms with Crippen LogP contribution < -0.4 is 14.8 Å². The van der Waals surface area contributed by atoms with Crippen molar-refractivity contribution in [2.45, 2.75) is 45.8 Å². The Morgan fingerprint density at radius 3 is 2.54 bits per heavy atom. The SMILES string of the molecule is CCCCCCNCc1cc(Br)c(OCc2ccc(Cl)cc2Cl)c(OC)c1.Cl. The standard InChI is InChI=1S/C21H26BrCl2NO2.ClH/c1-3-4-5-6-9-25-13-15-10-18(22)21(20(11-15)26-2)27-14-16-7-8-17(23)12-19(16)24;/h7-8,10-12,25H,3-6,9,13-14H2,1-2H3;1H. The third-order valence-corrected chi connectivity index (χ3v) is 5.39. The van der Waals surface area contributed by atoms with E-state index in [1.54, 1.807) is 19.2 Å². The quantitative estimate of drug-likeness (QED) is 0.318. The Morgan fingerprint density at radius 1 is 1.07 bits per heavy atom. The summed E-state index contributed by atoms with van der Waals surface area (Å²) in [5.41, 5.74) is 2.01. The van der Waals surface area contributed by atoms with Gasteiger partial charge in [0.25, 0.3) is 0 Å². The Balaban J connectivity index is 0.00000392. The lowest BCUT2D eigenvalue weighted by atomic mass is 10.2. The Kier molecular flexibility index (Phi) is 12.3. The normalized spacial score (nSPS) is 10.5. The topological polar surface area (TPSA) is 30.5 Å². The van der Waals surface area contributed by atoms with Crippen molar-refractivity contribution in [1.29, 1.82) is 0 Å². The van der Waals surface area contributed by atoms with E-state index in [0.29, 0.717) is 28.2 Å². The molecule has 28 heavy (non-hydrogen) atoms. The molecule has 0 bridgehead atoms. The highest BCUT2D eigenvalue weighted by molar-refractivity contribution is 9.10. The number of hydrogen-bond donors (Lipinski definition) is 1. The van der Waals surface area contributed by atoms with Crippen LogP contribution in [0.1, 0.15) is 43.7 Å². The van der Waals surface area contributed by atoms with Crippen molar-refractivity contribution in [1.82, 2.24) is 5.32 Å². The van der Waals surface area contributed by atoms with Crippen molar-refractivity contribution < 1.29 is 9.47 Å². The van der Waals surface area contributed by atoms with Crippen molar-refractivity contribution in [2.24, 2.45) is 0 Å². The van der Waals surface area contributed by atoms with Crippen molar-refractivity contribution in [3.05, 3.63) is 56.0 Å². The van der Waals surface area contributed by atoms with Crippen molar-refractivity contribution in [3.63, 3.8) is 0 Å². The predicted molar refractivity (Wildman–Crippen MR) is 125 cm³/mol. The lowest BCUT2D eigenvalue weighted by molar-refractivity contribution is 0.282. The van der Waals surface area contributed by atoms with Crippen LogP contribution in [-0.4, -0.2) is 13.7 Å². The second-order valence-corrected chi connectivity index (χ2v) is 8.07. The zero-order valence-corrected chi connectivity index (χ0v) is 20.1. The van der Waals surface area contributed by atoms with E-state index < -0.39 is 0 Å². The van der Waals surface area contributed by atoms with E-state index in [1.807, 2.05) is 12.1 Å². The summed E-state index contributed by atoms with van der Waals surface area (Å²) in [6, 6.07) is 9.43. The number of ether oxygens (including phenoxy) is 2. The molecule has 7 heteroatoms. The first-order chi connectivity index (χ1) is 13.0. The summed E-state index contributed by atoms with van der Waals surface area (Å²) < 4.78 is 12.4. The Morgan fingerprint density at radius 2 is 1.86 bits per heavy atom. The predicted octanol–water partition coefficient (Wildman–Crippen LogP) is 7.44. The van der Waals surface area contributed by atoms with Gasteiger partial charge < -0.3 is 14.8 Å². The van der Waals surface area contributed by atoms with Gasteiger partial charge in [-0.3, -0.25) is 0 Å². The maximum atomic E-state index is 6.22. The number of unbranched alkanes of at least 4 members (excludes halogenated alkanes) is 3. The van der Waals surface area contributed by atoms with Gasteiger partial charge in [-0.05, 0) is 58.7 Å². The molecule has 0 unspecified atom stereocenters. The fourth-order valence-electron chi connectivity index (χ4n) is 2.71. The number of hydrogen-bond acceptors (Lipinski definition) is 3. The summed E-state index contributed by atoms with van der Waals surface area (Å²) in [6.45, 7) is 4.37. The molecule has 2 aromatic rings. The average Bonchev–Trinajstić information content (AvgIpc) is 2.64. The van der Waals surface area contributed by atoms with Crippen LogP contribution in [-0.2, 0) is 13.2 Å². The van der Waals surface area contributed by atoms with Crippen LogP contribution in [0.15, 0.2) is 34.8 Å². The van der Waals surface area contributed by atoms with Crippen molar-refractivity contribution in [2.75, 3.05) is 13.7 Å². The monoisotopic (exact) mass is 509 g/mol. The molecule has 2 rings (SSSR count). The minimum Gasteiger partial charge on any atom is -0.493 e. The summed E-state index contributed by atoms with van der Waals surface area (Å²) in [7, 11) is 1.64. The first kappa shape index (κ1) is 25.4. The summed E-state index contributed by atoms with van der Waals surface area (Å²) in [5, 5.41) is 4.67. The summed E-state index contributed by atoms with van der Waals surface area (Å²) >= 11 is 15.8. The number of halogens is 4. The molecule has 0 radical (unpaired) electrons. The van der Waals surface area contributed by atoms with Crippen LogP contribution in [0.5, 0.6) is 11.5 Å². The van der Waals surface area contributed by atoms with E-state index in [4.69, 9.17) is 32.7 Å². The second-order valence-electron chi connectivity index (χ2n) is 6.37. The third-order valence-electron chi connectivity index (χ3n) is 4.21. The molecule has 0 saturated carbocycles. The fraction of sp³-hybridized carbons (Fsp3) is 0.429. The van der Waals surface area contributed by atoms with E-state index >= 15 is 0 Å². The molecule has 0 fully saturated rings. The van der Waals surface area contributed by atoms with Crippen LogP contribution in [0, 0.1) is 0 Å². The zero-order valence-electron chi connectivity index (χ0n) is 16.2. The van der Waals surface area contributed by atoms with Gasteiger partial charge in [-0.25, -0.2) is 0 Å². The highest BCUT2D eigenvalue weighted by Gasteiger charge is 2.13. The highest BCUT2D eigenvalue weighted by Crippen LogP contribution is 2.37. The summed E-state index contributed by atoms with van der Waals surface area (Å²) in [5.74, 6) is 1.35. The summed E-state index contributed by atoms with van der Waals surface area (Å²) in [6.07, 6.45) is 5.03. The molecule has 0 heterocycles. The molecule has 0 aliphatic carbocycles. The van der Waals surface area contributed by atoms with Crippen LogP contribution >= 0.6 is 51.5 Å². The van der Waals surface area contributed by atoms with Crippen molar-refractivity contribution in [3.8, 4) is 11.5 Å². The highest BCUT2D eigenvalue weighted by atomic mass is 79.9. The van der Waals surface area contributed by atoms with E-state index in [-0.39, 0.29) is 12.4 Å². The maximum Gasteiger partial charge on any atom is 0.175 e. The molecule has 0 amide bonds. The molecule has 2 aromatic carbocycles. The van der Waals surface area contributed by atoms with Gasteiger partial charge in [-0.15, -0.1) is 12.4 Å². The lowest BCUT2D eigenvalue weighted by Crippen LogP contribution is -2.14. The number of rotatable bonds is 11. The molecule has 0 spiro atoms. The molecule has 3 nitrogen and oxygen atoms in total. The van der Waals surface area contributed by atoms with Gasteiger partial charge >= 0.3 is 0 Å². The number of benzene rings is 2. The average molecular weight is 512 g/mol. The molecule has 0 saturated heterocycles. The largest absolute Gasteiger partial charge is 0.493 e. The molecular weight excluding hydrogens is 484 g/mol. The Labute approximate surface area is 192 Å². The van der Waals surface area contributed by atoms with Crippen LogP contribution in [0.4, 0.5) is 0 Å². The number of nitrogens with one attached hydrogen (secondary N) is 1. The lowest BCUT2D eigenvalue weighted by Gasteiger charge is -2.15. The van der Waals surface area contributed by atoms with E-state index in [9.17, 15) is 0 Å². The Hall–Kier alpha value is -0.650. The second kappa shape index (κ2) is 13.6. The Bertz CT molecular complexity index is 744. The van der Waals surface area contributed by atoms with E-state index in [1.165, 1.54) is 25.7 Å². The molecular formula is C21H27BrCl3NO2. The van der Waals surface area contributed by atoms with Gasteiger partial charge in [-0.1, -0.05) is 55.5 Å². The number of methoxy groups -OCH3 is 1. The zero-order chi connectivity index (χ0) is 19.6. The van der Waals surface area contributed by atoms with Gasteiger partial charge in [0.2, 0.25) is 0 Å². The molecule has 0 aromatic heterocycles. The van der Waals surface area contributed by atoms with E-state index in [2.05, 4.69) is 34.2 Å². The smallest absolute Gasteiger partial charge is 0.175 e. The minimum absolute atomic E-state index is 0. The van der Waals surface area contributed by atoms with Gasteiger partial charge in [0.05, 0.1) is 11.6 Å². The van der Waals surface area contributed by atoms with Gasteiger partial charge in [0.1, 0.15) is 6.61 Å². The van der Waals surface area contributed by atoms with Crippen LogP contribution in [0.3, 0.4) is 0 Å². The first-order valence-electron chi connectivity index (χ1n) is 9.19. The molecule has 156 valence electrons. The van der Waals surface area contributed by atoms with Gasteiger partial charge in [0.15, 0.2) is 11.5 Å². The van der Waals surface area contributed by atoms with Crippen molar-refractivity contribution >= 4 is 51.5 Å². The third kappa shape index (κ3) is 8.00. The van der Waals surface area contributed by atoms with Crippen LogP contribution in [0.2, 0.25) is 10.0 Å².